The van der Waals surface area contributed by atoms with Crippen LogP contribution in [-0.2, 0) is 28.4 Å². The lowest BCUT2D eigenvalue weighted by Crippen LogP contribution is -2.67. The van der Waals surface area contributed by atoms with Gasteiger partial charge in [0.25, 0.3) is 0 Å². The fourth-order valence-electron chi connectivity index (χ4n) is 4.26. The zero-order chi connectivity index (χ0) is 25.7. The van der Waals surface area contributed by atoms with E-state index >= 15 is 0 Å². The maximum absolute atomic E-state index is 6.55. The van der Waals surface area contributed by atoms with Gasteiger partial charge in [0.2, 0.25) is 0 Å². The van der Waals surface area contributed by atoms with Crippen LogP contribution in [0.15, 0.2) is 12.7 Å². The van der Waals surface area contributed by atoms with Crippen molar-refractivity contribution in [3.05, 3.63) is 12.7 Å². The van der Waals surface area contributed by atoms with E-state index in [1.54, 1.807) is 6.08 Å². The molecule has 0 amide bonds. The van der Waals surface area contributed by atoms with Gasteiger partial charge in [0.15, 0.2) is 0 Å². The monoisotopic (exact) mass is 500 g/mol. The molecule has 0 saturated heterocycles. The number of hydrogen-bond acceptors (Lipinski definition) is 6. The van der Waals surface area contributed by atoms with Crippen LogP contribution in [0.5, 0.6) is 0 Å². The predicted octanol–water partition coefficient (Wildman–Crippen LogP) is 6.50. The van der Waals surface area contributed by atoms with Gasteiger partial charge in [0, 0.05) is 33.0 Å². The number of hydrogen-bond donors (Lipinski definition) is 0. The summed E-state index contributed by atoms with van der Waals surface area (Å²) in [5.74, 6) is 0. The highest BCUT2D eigenvalue weighted by Crippen LogP contribution is 2.34. The first-order valence-electron chi connectivity index (χ1n) is 14.5. The van der Waals surface area contributed by atoms with Crippen LogP contribution >= 0.6 is 0 Å². The summed E-state index contributed by atoms with van der Waals surface area (Å²) in [5.41, 5.74) is 0. The number of rotatable bonds is 23. The Hall–Kier alpha value is -0.500. The van der Waals surface area contributed by atoms with E-state index < -0.39 is 0 Å². The van der Waals surface area contributed by atoms with E-state index in [-0.39, 0.29) is 36.6 Å². The van der Waals surface area contributed by atoms with Crippen LogP contribution < -0.4 is 0 Å². The lowest BCUT2D eigenvalue weighted by atomic mass is 9.83. The third-order valence-corrected chi connectivity index (χ3v) is 6.39. The Bertz CT molecular complexity index is 456. The van der Waals surface area contributed by atoms with Crippen molar-refractivity contribution in [2.45, 2.75) is 135 Å². The predicted molar refractivity (Wildman–Crippen MR) is 143 cm³/mol. The van der Waals surface area contributed by atoms with Gasteiger partial charge >= 0.3 is 0 Å². The van der Waals surface area contributed by atoms with Gasteiger partial charge in [-0.3, -0.25) is 0 Å². The first kappa shape index (κ1) is 32.5. The second kappa shape index (κ2) is 21.6. The van der Waals surface area contributed by atoms with Crippen molar-refractivity contribution in [2.75, 3.05) is 39.6 Å². The largest absolute Gasteiger partial charge is 0.373 e. The molecule has 0 N–H and O–H groups in total. The van der Waals surface area contributed by atoms with E-state index in [0.29, 0.717) is 39.6 Å². The normalized spacial score (nSPS) is 26.8. The Kier molecular flexibility index (Phi) is 20.0. The van der Waals surface area contributed by atoms with Crippen LogP contribution in [0.2, 0.25) is 0 Å². The molecule has 6 heteroatoms. The van der Waals surface area contributed by atoms with E-state index in [0.717, 1.165) is 64.2 Å². The van der Waals surface area contributed by atoms with Gasteiger partial charge in [-0.05, 0) is 32.1 Å². The molecule has 35 heavy (non-hydrogen) atoms. The molecule has 6 nitrogen and oxygen atoms in total. The zero-order valence-electron chi connectivity index (χ0n) is 23.5. The first-order chi connectivity index (χ1) is 17.2. The summed E-state index contributed by atoms with van der Waals surface area (Å²) in [5, 5.41) is 0. The average molecular weight is 501 g/mol. The van der Waals surface area contributed by atoms with E-state index in [4.69, 9.17) is 28.4 Å². The molecule has 0 aliphatic heterocycles. The van der Waals surface area contributed by atoms with Gasteiger partial charge in [-0.1, -0.05) is 72.8 Å². The summed E-state index contributed by atoms with van der Waals surface area (Å²) >= 11 is 0. The lowest BCUT2D eigenvalue weighted by molar-refractivity contribution is -0.280. The molecule has 0 aromatic heterocycles. The highest BCUT2D eigenvalue weighted by atomic mass is 16.6. The molecule has 0 spiro atoms. The summed E-state index contributed by atoms with van der Waals surface area (Å²) < 4.78 is 39.1. The van der Waals surface area contributed by atoms with Crippen molar-refractivity contribution < 1.29 is 28.4 Å². The minimum absolute atomic E-state index is 0.267. The Morgan fingerprint density at radius 3 is 0.857 bits per heavy atom. The maximum Gasteiger partial charge on any atom is 0.115 e. The molecule has 1 fully saturated rings. The summed E-state index contributed by atoms with van der Waals surface area (Å²) in [4.78, 5) is 0. The van der Waals surface area contributed by atoms with Gasteiger partial charge in [0.1, 0.15) is 36.6 Å². The zero-order valence-corrected chi connectivity index (χ0v) is 23.5. The summed E-state index contributed by atoms with van der Waals surface area (Å²) in [7, 11) is 0. The summed E-state index contributed by atoms with van der Waals surface area (Å²) in [6.45, 7) is 18.5. The molecule has 0 aromatic rings. The smallest absolute Gasteiger partial charge is 0.115 e. The molecule has 3 unspecified atom stereocenters. The Morgan fingerprint density at radius 2 is 0.657 bits per heavy atom. The molecule has 1 aliphatic carbocycles. The van der Waals surface area contributed by atoms with Gasteiger partial charge in [-0.2, -0.15) is 0 Å². The molecule has 6 atom stereocenters. The van der Waals surface area contributed by atoms with E-state index in [9.17, 15) is 0 Å². The molecular weight excluding hydrogens is 444 g/mol. The highest BCUT2D eigenvalue weighted by Gasteiger charge is 2.54. The second-order valence-electron chi connectivity index (χ2n) is 9.53. The quantitative estimate of drug-likeness (QED) is 0.118. The third kappa shape index (κ3) is 12.1. The topological polar surface area (TPSA) is 55.4 Å². The molecule has 0 heterocycles. The van der Waals surface area contributed by atoms with Gasteiger partial charge < -0.3 is 28.4 Å². The molecule has 1 aliphatic rings. The molecule has 1 saturated carbocycles. The van der Waals surface area contributed by atoms with Gasteiger partial charge in [-0.15, -0.1) is 6.58 Å². The fraction of sp³-hybridized carbons (Fsp3) is 0.931. The Balaban J connectivity index is 3.37. The molecule has 0 aromatic carbocycles. The third-order valence-electron chi connectivity index (χ3n) is 6.39. The highest BCUT2D eigenvalue weighted by molar-refractivity contribution is 5.04. The van der Waals surface area contributed by atoms with Gasteiger partial charge in [0.05, 0.1) is 6.61 Å². The SMILES string of the molecule is C=CCO[C@H]1C(OCCCC)C(OCCCC)[C@H](OCCCC)C(OCCCC)[C@@H]1OCCCC. The Morgan fingerprint density at radius 1 is 0.429 bits per heavy atom. The number of unbranched alkanes of at least 4 members (excludes halogenated alkanes) is 5. The van der Waals surface area contributed by atoms with Crippen molar-refractivity contribution in [1.82, 2.24) is 0 Å². The van der Waals surface area contributed by atoms with Crippen LogP contribution in [-0.4, -0.2) is 76.3 Å². The fourth-order valence-corrected chi connectivity index (χ4v) is 4.26. The minimum atomic E-state index is -0.314. The van der Waals surface area contributed by atoms with Crippen LogP contribution in [0.4, 0.5) is 0 Å². The maximum atomic E-state index is 6.55. The van der Waals surface area contributed by atoms with Crippen LogP contribution in [0.3, 0.4) is 0 Å². The average Bonchev–Trinajstić information content (AvgIpc) is 2.86. The van der Waals surface area contributed by atoms with E-state index in [2.05, 4.69) is 41.2 Å². The molecular formula is C29H56O6. The number of ether oxygens (including phenoxy) is 6. The molecule has 0 bridgehead atoms. The first-order valence-corrected chi connectivity index (χ1v) is 14.5. The van der Waals surface area contributed by atoms with Crippen molar-refractivity contribution in [3.63, 3.8) is 0 Å². The Labute approximate surface area is 216 Å². The molecule has 208 valence electrons. The van der Waals surface area contributed by atoms with Crippen LogP contribution in [0, 0.1) is 0 Å². The van der Waals surface area contributed by atoms with Crippen LogP contribution in [0.25, 0.3) is 0 Å². The summed E-state index contributed by atoms with van der Waals surface area (Å²) in [6.07, 6.45) is 10.4. The van der Waals surface area contributed by atoms with Gasteiger partial charge in [-0.25, -0.2) is 0 Å². The molecule has 1 rings (SSSR count). The van der Waals surface area contributed by atoms with Crippen molar-refractivity contribution >= 4 is 0 Å². The standard InChI is InChI=1S/C29H56O6/c1-7-13-19-31-25-24(30-18-12-6)26(32-20-14-8-2)28(34-22-16-10-4)29(35-23-17-11-5)27(25)33-21-15-9-3/h12,24-29H,6-11,13-23H2,1-5H3/t24-,25-,26?,27?,28?,29-/m1/s1. The van der Waals surface area contributed by atoms with Crippen molar-refractivity contribution in [3.8, 4) is 0 Å². The molecule has 0 radical (unpaired) electrons. The lowest BCUT2D eigenvalue weighted by Gasteiger charge is -2.49. The van der Waals surface area contributed by atoms with Crippen LogP contribution in [0.1, 0.15) is 98.8 Å². The minimum Gasteiger partial charge on any atom is -0.373 e. The second-order valence-corrected chi connectivity index (χ2v) is 9.53. The summed E-state index contributed by atoms with van der Waals surface area (Å²) in [6, 6.07) is 0. The van der Waals surface area contributed by atoms with Crippen molar-refractivity contribution in [1.29, 1.82) is 0 Å². The van der Waals surface area contributed by atoms with Crippen molar-refractivity contribution in [2.24, 2.45) is 0 Å². The van der Waals surface area contributed by atoms with E-state index in [1.165, 1.54) is 0 Å². The van der Waals surface area contributed by atoms with E-state index in [1.807, 2.05) is 0 Å².